The summed E-state index contributed by atoms with van der Waals surface area (Å²) >= 11 is 1.48. The van der Waals surface area contributed by atoms with E-state index in [1.54, 1.807) is 11.0 Å². The number of aryl methyl sites for hydroxylation is 2. The van der Waals surface area contributed by atoms with Gasteiger partial charge in [0.15, 0.2) is 5.78 Å². The van der Waals surface area contributed by atoms with Crippen LogP contribution in [0.25, 0.3) is 0 Å². The Bertz CT molecular complexity index is 1950. The summed E-state index contributed by atoms with van der Waals surface area (Å²) in [7, 11) is -2.39. The third kappa shape index (κ3) is 9.84. The number of likely N-dealkylation sites (tertiary alicyclic amines) is 1. The molecule has 0 radical (unpaired) electrons. The highest BCUT2D eigenvalue weighted by Gasteiger charge is 2.34. The summed E-state index contributed by atoms with van der Waals surface area (Å²) in [5.74, 6) is -1.27. The van der Waals surface area contributed by atoms with Crippen molar-refractivity contribution in [2.45, 2.75) is 70.2 Å². The van der Waals surface area contributed by atoms with Crippen molar-refractivity contribution in [2.24, 2.45) is 5.92 Å². The maximum atomic E-state index is 14.1. The summed E-state index contributed by atoms with van der Waals surface area (Å²) in [6.45, 7) is 2.38. The van der Waals surface area contributed by atoms with Crippen molar-refractivity contribution in [2.75, 3.05) is 24.2 Å². The first-order valence-corrected chi connectivity index (χ1v) is 19.6. The number of aliphatic hydroxyl groups excluding tert-OH is 1. The summed E-state index contributed by atoms with van der Waals surface area (Å²) < 4.78 is 65.9. The minimum absolute atomic E-state index is 0.107. The van der Waals surface area contributed by atoms with Gasteiger partial charge in [-0.2, -0.15) is 13.2 Å². The minimum Gasteiger partial charge on any atom is -0.393 e. The quantitative estimate of drug-likeness (QED) is 0.133. The summed E-state index contributed by atoms with van der Waals surface area (Å²) in [6.07, 6.45) is -1.67. The molecule has 1 aromatic heterocycles. The van der Waals surface area contributed by atoms with E-state index in [1.807, 2.05) is 42.6 Å². The number of Topliss-reactive ketones (excluding diaryl/α,β-unsaturated/α-hetero) is 1. The largest absolute Gasteiger partial charge is 0.416 e. The number of aliphatic hydroxyl groups is 1. The molecule has 1 fully saturated rings. The van der Waals surface area contributed by atoms with Crippen LogP contribution in [-0.4, -0.2) is 61.1 Å². The second kappa shape index (κ2) is 16.1. The molecule has 0 unspecified atom stereocenters. The first-order valence-electron chi connectivity index (χ1n) is 16.8. The Balaban J connectivity index is 1.40. The van der Waals surface area contributed by atoms with Crippen LogP contribution in [-0.2, 0) is 29.0 Å². The van der Waals surface area contributed by atoms with Crippen molar-refractivity contribution in [1.29, 1.82) is 0 Å². The van der Waals surface area contributed by atoms with Crippen molar-refractivity contribution < 1.29 is 36.3 Å². The van der Waals surface area contributed by atoms with Gasteiger partial charge >= 0.3 is 6.18 Å². The molecule has 1 aliphatic heterocycles. The summed E-state index contributed by atoms with van der Waals surface area (Å²) in [4.78, 5) is 34.4. The van der Waals surface area contributed by atoms with Crippen LogP contribution < -0.4 is 4.31 Å². The smallest absolute Gasteiger partial charge is 0.393 e. The second-order valence-electron chi connectivity index (χ2n) is 13.2. The number of aromatic nitrogens is 1. The van der Waals surface area contributed by atoms with Crippen LogP contribution >= 0.6 is 11.3 Å². The molecule has 1 saturated heterocycles. The highest BCUT2D eigenvalue weighted by molar-refractivity contribution is 7.92. The molecule has 0 saturated carbocycles. The monoisotopic (exact) mass is 741 g/mol. The number of anilines is 1. The fourth-order valence-corrected chi connectivity index (χ4v) is 7.93. The van der Waals surface area contributed by atoms with E-state index in [2.05, 4.69) is 4.98 Å². The van der Waals surface area contributed by atoms with Crippen LogP contribution in [0.5, 0.6) is 0 Å². The lowest BCUT2D eigenvalue weighted by atomic mass is 9.85. The van der Waals surface area contributed by atoms with Crippen molar-refractivity contribution >= 4 is 38.7 Å². The number of hydrogen-bond acceptors (Lipinski definition) is 7. The Morgan fingerprint density at radius 3 is 2.41 bits per heavy atom. The lowest BCUT2D eigenvalue weighted by Gasteiger charge is -2.25. The van der Waals surface area contributed by atoms with Crippen LogP contribution in [0, 0.1) is 12.8 Å². The molecule has 13 heteroatoms. The summed E-state index contributed by atoms with van der Waals surface area (Å²) in [6, 6.07) is 18.7. The van der Waals surface area contributed by atoms with Gasteiger partial charge < -0.3 is 10.0 Å². The Kier molecular flexibility index (Phi) is 12.0. The summed E-state index contributed by atoms with van der Waals surface area (Å²) in [5, 5.41) is 14.2. The number of amides is 1. The number of carbonyl (C=O) groups is 2. The van der Waals surface area contributed by atoms with Crippen LogP contribution in [0.4, 0.5) is 18.9 Å². The zero-order chi connectivity index (χ0) is 36.9. The lowest BCUT2D eigenvalue weighted by Crippen LogP contribution is -2.31. The first kappa shape index (κ1) is 38.2. The minimum atomic E-state index is -4.45. The normalized spacial score (nSPS) is 16.2. The molecular weight excluding hydrogens is 700 g/mol. The molecule has 4 aromatic rings. The molecule has 3 aromatic carbocycles. The molecule has 51 heavy (non-hydrogen) atoms. The molecule has 1 aliphatic rings. The fraction of sp³-hybridized carbons (Fsp3) is 0.395. The predicted octanol–water partition coefficient (Wildman–Crippen LogP) is 7.66. The molecule has 3 atom stereocenters. The van der Waals surface area contributed by atoms with Gasteiger partial charge in [0, 0.05) is 42.2 Å². The van der Waals surface area contributed by atoms with Crippen molar-refractivity contribution in [1.82, 2.24) is 9.88 Å². The molecular formula is C38H42F3N3O5S2. The average Bonchev–Trinajstić information content (AvgIpc) is 3.76. The van der Waals surface area contributed by atoms with E-state index in [-0.39, 0.29) is 47.4 Å². The number of carbonyl (C=O) groups excluding carboxylic acids is 2. The number of sulfonamides is 1. The number of benzene rings is 3. The summed E-state index contributed by atoms with van der Waals surface area (Å²) in [5.41, 5.74) is 2.01. The maximum Gasteiger partial charge on any atom is 0.416 e. The predicted molar refractivity (Wildman–Crippen MR) is 193 cm³/mol. The molecule has 1 amide bonds. The molecule has 5 rings (SSSR count). The zero-order valence-electron chi connectivity index (χ0n) is 28.8. The van der Waals surface area contributed by atoms with Crippen LogP contribution in [0.1, 0.15) is 86.3 Å². The number of alkyl halides is 3. The van der Waals surface area contributed by atoms with Gasteiger partial charge in [-0.05, 0) is 86.8 Å². The van der Waals surface area contributed by atoms with Gasteiger partial charge in [0.2, 0.25) is 10.0 Å². The maximum absolute atomic E-state index is 14.1. The van der Waals surface area contributed by atoms with E-state index in [0.29, 0.717) is 31.4 Å². The van der Waals surface area contributed by atoms with Crippen molar-refractivity contribution in [3.05, 3.63) is 117 Å². The van der Waals surface area contributed by atoms with E-state index in [4.69, 9.17) is 0 Å². The van der Waals surface area contributed by atoms with Crippen LogP contribution in [0.3, 0.4) is 0 Å². The van der Waals surface area contributed by atoms with Gasteiger partial charge in [-0.1, -0.05) is 48.5 Å². The van der Waals surface area contributed by atoms with Gasteiger partial charge in [-0.25, -0.2) is 13.4 Å². The number of thiazole rings is 1. The number of rotatable bonds is 14. The van der Waals surface area contributed by atoms with Crippen molar-refractivity contribution in [3.8, 4) is 0 Å². The van der Waals surface area contributed by atoms with Crippen LogP contribution in [0.2, 0.25) is 0 Å². The Hall–Kier alpha value is -4.07. The lowest BCUT2D eigenvalue weighted by molar-refractivity contribution is -0.137. The number of hydrogen-bond donors (Lipinski definition) is 1. The molecule has 1 N–H and O–H groups in total. The molecule has 0 spiro atoms. The van der Waals surface area contributed by atoms with E-state index in [9.17, 15) is 36.3 Å². The van der Waals surface area contributed by atoms with Gasteiger partial charge in [0.25, 0.3) is 5.91 Å². The zero-order valence-corrected chi connectivity index (χ0v) is 30.4. The van der Waals surface area contributed by atoms with Gasteiger partial charge in [-0.3, -0.25) is 13.9 Å². The first-order chi connectivity index (χ1) is 24.1. The van der Waals surface area contributed by atoms with E-state index >= 15 is 0 Å². The molecule has 272 valence electrons. The fourth-order valence-electron chi connectivity index (χ4n) is 6.50. The molecule has 0 bridgehead atoms. The second-order valence-corrected chi connectivity index (χ2v) is 16.1. The number of halogens is 3. The van der Waals surface area contributed by atoms with E-state index in [0.717, 1.165) is 51.8 Å². The van der Waals surface area contributed by atoms with Gasteiger partial charge in [0.1, 0.15) is 5.01 Å². The highest BCUT2D eigenvalue weighted by Crippen LogP contribution is 2.36. The standard InChI is InChI=1S/C38H42F3N3O5S2/c1-25-24-50-36(42-25)33-15-9-17-44(33)37(47)30-20-29(21-32(22-30)43(2)51(3,48)49)35(46)23-28(18-26-10-5-4-6-11-26)34(45)16-8-13-27-12-7-14-31(19-27)38(39,40)41/h4-7,10-12,14,19-22,24,28,33-34,45H,8-9,13,15-18,23H2,1-3H3/t28-,33-,34-/m1/s1. The third-order valence-corrected chi connectivity index (χ3v) is 11.6. The Morgan fingerprint density at radius 1 is 1.04 bits per heavy atom. The molecule has 2 heterocycles. The van der Waals surface area contributed by atoms with Crippen molar-refractivity contribution in [3.63, 3.8) is 0 Å². The number of nitrogens with zero attached hydrogens (tertiary/aromatic N) is 3. The number of ketones is 1. The van der Waals surface area contributed by atoms with E-state index in [1.165, 1.54) is 42.6 Å². The highest BCUT2D eigenvalue weighted by atomic mass is 32.2. The van der Waals surface area contributed by atoms with Gasteiger partial charge in [-0.15, -0.1) is 11.3 Å². The Labute approximate surface area is 301 Å². The Morgan fingerprint density at radius 2 is 1.75 bits per heavy atom. The molecule has 8 nitrogen and oxygen atoms in total. The third-order valence-electron chi connectivity index (χ3n) is 9.34. The van der Waals surface area contributed by atoms with E-state index < -0.39 is 33.8 Å². The topological polar surface area (TPSA) is 108 Å². The van der Waals surface area contributed by atoms with Gasteiger partial charge in [0.05, 0.1) is 29.7 Å². The van der Waals surface area contributed by atoms with Crippen LogP contribution in [0.15, 0.2) is 78.2 Å². The molecule has 0 aliphatic carbocycles. The average molecular weight is 742 g/mol. The SMILES string of the molecule is Cc1csc([C@H]2CCCN2C(=O)c2cc(C(=O)C[C@@H](Cc3ccccc3)[C@H](O)CCCc3cccc(C(F)(F)F)c3)cc(N(C)S(C)(=O)=O)c2)n1.